The van der Waals surface area contributed by atoms with Crippen molar-refractivity contribution < 1.29 is 13.2 Å². The molecule has 0 aliphatic carbocycles. The summed E-state index contributed by atoms with van der Waals surface area (Å²) >= 11 is 1.18. The molecule has 21 heavy (non-hydrogen) atoms. The highest BCUT2D eigenvalue weighted by Crippen LogP contribution is 2.26. The Bertz CT molecular complexity index is 746. The van der Waals surface area contributed by atoms with Crippen molar-refractivity contribution in [3.63, 3.8) is 0 Å². The first-order chi connectivity index (χ1) is 9.70. The molecule has 0 aliphatic rings. The van der Waals surface area contributed by atoms with E-state index >= 15 is 0 Å². The molecule has 1 amide bonds. The van der Waals surface area contributed by atoms with Crippen molar-refractivity contribution in [3.8, 4) is 0 Å². The second kappa shape index (κ2) is 5.53. The Labute approximate surface area is 127 Å². The summed E-state index contributed by atoms with van der Waals surface area (Å²) in [5, 5.41) is 0.770. The van der Waals surface area contributed by atoms with E-state index in [0.717, 1.165) is 5.01 Å². The molecule has 0 radical (unpaired) electrons. The van der Waals surface area contributed by atoms with E-state index in [1.165, 1.54) is 42.1 Å². The summed E-state index contributed by atoms with van der Waals surface area (Å²) in [5.74, 6) is -0.688. The van der Waals surface area contributed by atoms with E-state index < -0.39 is 15.9 Å². The zero-order chi connectivity index (χ0) is 15.7. The highest BCUT2D eigenvalue weighted by Gasteiger charge is 2.23. The molecule has 2 aromatic rings. The van der Waals surface area contributed by atoms with Gasteiger partial charge in [-0.3, -0.25) is 9.78 Å². The van der Waals surface area contributed by atoms with E-state index in [0.29, 0.717) is 0 Å². The lowest BCUT2D eigenvalue weighted by Crippen LogP contribution is -2.30. The lowest BCUT2D eigenvalue weighted by molar-refractivity contribution is 0.0985. The summed E-state index contributed by atoms with van der Waals surface area (Å²) in [4.78, 5) is 20.1. The van der Waals surface area contributed by atoms with Crippen molar-refractivity contribution in [3.05, 3.63) is 40.6 Å². The van der Waals surface area contributed by atoms with E-state index in [2.05, 4.69) is 9.97 Å². The molecular formula is C13H15N3O3S2. The summed E-state index contributed by atoms with van der Waals surface area (Å²) in [7, 11) is -3.92. The predicted molar refractivity (Wildman–Crippen MR) is 79.7 cm³/mol. The molecule has 0 atom stereocenters. The monoisotopic (exact) mass is 325 g/mol. The van der Waals surface area contributed by atoms with Gasteiger partial charge in [0.2, 0.25) is 0 Å². The molecule has 2 rings (SSSR count). The Kier molecular flexibility index (Phi) is 4.11. The van der Waals surface area contributed by atoms with Crippen molar-refractivity contribution in [2.24, 2.45) is 0 Å². The summed E-state index contributed by atoms with van der Waals surface area (Å²) in [6.07, 6.45) is 4.03. The molecule has 0 aliphatic heterocycles. The van der Waals surface area contributed by atoms with E-state index in [1.807, 2.05) is 25.5 Å². The Morgan fingerprint density at radius 3 is 2.52 bits per heavy atom. The number of sulfonamides is 1. The van der Waals surface area contributed by atoms with Crippen molar-refractivity contribution >= 4 is 27.3 Å². The van der Waals surface area contributed by atoms with Gasteiger partial charge in [-0.05, 0) is 12.1 Å². The van der Waals surface area contributed by atoms with Crippen LogP contribution in [0.4, 0.5) is 0 Å². The number of carbonyl (C=O) groups is 1. The smallest absolute Gasteiger partial charge is 0.267 e. The van der Waals surface area contributed by atoms with Crippen LogP contribution in [0.2, 0.25) is 0 Å². The van der Waals surface area contributed by atoms with Gasteiger partial charge < -0.3 is 0 Å². The third-order valence-corrected chi connectivity index (χ3v) is 5.28. The van der Waals surface area contributed by atoms with E-state index in [9.17, 15) is 13.2 Å². The molecule has 2 aromatic heterocycles. The molecule has 0 bridgehead atoms. The van der Waals surface area contributed by atoms with Crippen LogP contribution in [0, 0.1) is 0 Å². The molecular weight excluding hydrogens is 310 g/mol. The van der Waals surface area contributed by atoms with Gasteiger partial charge >= 0.3 is 0 Å². The Morgan fingerprint density at radius 2 is 2.00 bits per heavy atom. The van der Waals surface area contributed by atoms with Crippen molar-refractivity contribution in [2.75, 3.05) is 0 Å². The van der Waals surface area contributed by atoms with Crippen LogP contribution in [-0.2, 0) is 15.4 Å². The molecule has 2 heterocycles. The molecule has 112 valence electrons. The minimum Gasteiger partial charge on any atom is -0.267 e. The highest BCUT2D eigenvalue weighted by atomic mass is 32.2. The number of pyridine rings is 1. The predicted octanol–water partition coefficient (Wildman–Crippen LogP) is 1.95. The van der Waals surface area contributed by atoms with Crippen LogP contribution in [0.15, 0.2) is 35.6 Å². The van der Waals surface area contributed by atoms with Crippen LogP contribution in [0.25, 0.3) is 0 Å². The zero-order valence-electron chi connectivity index (χ0n) is 11.8. The third kappa shape index (κ3) is 3.64. The molecule has 6 nitrogen and oxygen atoms in total. The SMILES string of the molecule is CC(C)(C)c1ncc(C(=O)NS(=O)(=O)c2cccnc2)s1. The number of nitrogens with one attached hydrogen (secondary N) is 1. The maximum atomic E-state index is 12.0. The molecule has 0 aromatic carbocycles. The number of nitrogens with zero attached hydrogens (tertiary/aromatic N) is 2. The second-order valence-corrected chi connectivity index (χ2v) is 8.12. The number of rotatable bonds is 3. The Balaban J connectivity index is 2.21. The second-order valence-electron chi connectivity index (χ2n) is 5.40. The van der Waals surface area contributed by atoms with Crippen LogP contribution in [-0.4, -0.2) is 24.3 Å². The summed E-state index contributed by atoms with van der Waals surface area (Å²) in [6, 6.07) is 2.86. The zero-order valence-corrected chi connectivity index (χ0v) is 13.5. The van der Waals surface area contributed by atoms with Crippen LogP contribution in [0.3, 0.4) is 0 Å². The van der Waals surface area contributed by atoms with Gasteiger partial charge in [-0.25, -0.2) is 18.1 Å². The average molecular weight is 325 g/mol. The lowest BCUT2D eigenvalue weighted by atomic mass is 9.98. The van der Waals surface area contributed by atoms with Gasteiger partial charge in [0, 0.05) is 17.8 Å². The van der Waals surface area contributed by atoms with Crippen LogP contribution < -0.4 is 4.72 Å². The van der Waals surface area contributed by atoms with E-state index in [-0.39, 0.29) is 15.2 Å². The number of carbonyl (C=O) groups excluding carboxylic acids is 1. The molecule has 0 fully saturated rings. The molecule has 0 unspecified atom stereocenters. The quantitative estimate of drug-likeness (QED) is 0.931. The van der Waals surface area contributed by atoms with Gasteiger partial charge in [0.05, 0.1) is 11.2 Å². The topological polar surface area (TPSA) is 89.0 Å². The summed E-state index contributed by atoms with van der Waals surface area (Å²) in [5.41, 5.74) is -0.189. The average Bonchev–Trinajstić information content (AvgIpc) is 2.89. The van der Waals surface area contributed by atoms with Crippen LogP contribution in [0.1, 0.15) is 35.5 Å². The van der Waals surface area contributed by atoms with Crippen molar-refractivity contribution in [2.45, 2.75) is 31.1 Å². The van der Waals surface area contributed by atoms with Gasteiger partial charge in [-0.1, -0.05) is 20.8 Å². The number of aromatic nitrogens is 2. The molecule has 1 N–H and O–H groups in total. The Hall–Kier alpha value is -1.80. The standard InChI is InChI=1S/C13H15N3O3S2/c1-13(2,3)12-15-8-10(20-12)11(17)16-21(18,19)9-5-4-6-14-7-9/h4-8H,1-3H3,(H,16,17). The minimum atomic E-state index is -3.92. The van der Waals surface area contributed by atoms with Gasteiger partial charge in [0.15, 0.2) is 0 Å². The van der Waals surface area contributed by atoms with Gasteiger partial charge in [0.25, 0.3) is 15.9 Å². The fraction of sp³-hybridized carbons (Fsp3) is 0.308. The fourth-order valence-corrected chi connectivity index (χ4v) is 3.33. The minimum absolute atomic E-state index is 0.0566. The summed E-state index contributed by atoms with van der Waals surface area (Å²) < 4.78 is 26.1. The van der Waals surface area contributed by atoms with E-state index in [1.54, 1.807) is 0 Å². The largest absolute Gasteiger partial charge is 0.276 e. The Morgan fingerprint density at radius 1 is 1.29 bits per heavy atom. The maximum absolute atomic E-state index is 12.0. The summed E-state index contributed by atoms with van der Waals surface area (Å²) in [6.45, 7) is 5.92. The first kappa shape index (κ1) is 15.6. The number of hydrogen-bond donors (Lipinski definition) is 1. The first-order valence-electron chi connectivity index (χ1n) is 6.13. The third-order valence-electron chi connectivity index (χ3n) is 2.54. The van der Waals surface area contributed by atoms with Gasteiger partial charge in [0.1, 0.15) is 9.77 Å². The van der Waals surface area contributed by atoms with Crippen LogP contribution >= 0.6 is 11.3 Å². The number of thiazole rings is 1. The molecule has 8 heteroatoms. The van der Waals surface area contributed by atoms with Gasteiger partial charge in [-0.15, -0.1) is 11.3 Å². The van der Waals surface area contributed by atoms with Crippen molar-refractivity contribution in [1.29, 1.82) is 0 Å². The van der Waals surface area contributed by atoms with Crippen LogP contribution in [0.5, 0.6) is 0 Å². The fourth-order valence-electron chi connectivity index (χ4n) is 1.46. The van der Waals surface area contributed by atoms with Gasteiger partial charge in [-0.2, -0.15) is 0 Å². The first-order valence-corrected chi connectivity index (χ1v) is 8.43. The van der Waals surface area contributed by atoms with E-state index in [4.69, 9.17) is 0 Å². The number of amides is 1. The normalized spacial score (nSPS) is 12.1. The lowest BCUT2D eigenvalue weighted by Gasteiger charge is -2.13. The highest BCUT2D eigenvalue weighted by molar-refractivity contribution is 7.90. The molecule has 0 spiro atoms. The van der Waals surface area contributed by atoms with Crippen molar-refractivity contribution in [1.82, 2.24) is 14.7 Å². The number of hydrogen-bond acceptors (Lipinski definition) is 6. The maximum Gasteiger partial charge on any atom is 0.276 e. The molecule has 0 saturated heterocycles. The molecule has 0 saturated carbocycles.